The number of rotatable bonds is 3. The zero-order chi connectivity index (χ0) is 14.8. The lowest BCUT2D eigenvalue weighted by Crippen LogP contribution is -2.51. The quantitative estimate of drug-likeness (QED) is 0.889. The molecule has 1 aromatic rings. The van der Waals surface area contributed by atoms with E-state index >= 15 is 0 Å². The highest BCUT2D eigenvalue weighted by molar-refractivity contribution is 5.75. The first-order valence-electron chi connectivity index (χ1n) is 7.98. The largest absolute Gasteiger partial charge is 0.387 e. The van der Waals surface area contributed by atoms with Crippen LogP contribution in [0, 0.1) is 0 Å². The second-order valence-electron chi connectivity index (χ2n) is 6.17. The van der Waals surface area contributed by atoms with E-state index in [1.165, 1.54) is 5.56 Å². The van der Waals surface area contributed by atoms with Gasteiger partial charge in [0.05, 0.1) is 6.10 Å². The van der Waals surface area contributed by atoms with Gasteiger partial charge in [-0.15, -0.1) is 0 Å². The molecule has 1 amide bonds. The molecule has 0 aromatic heterocycles. The van der Waals surface area contributed by atoms with Crippen LogP contribution in [0.1, 0.15) is 43.4 Å². The molecule has 1 aliphatic carbocycles. The molecule has 1 saturated heterocycles. The van der Waals surface area contributed by atoms with E-state index < -0.39 is 6.10 Å². The van der Waals surface area contributed by atoms with Crippen molar-refractivity contribution < 1.29 is 9.90 Å². The number of likely N-dealkylation sites (tertiary alicyclic amines) is 1. The minimum Gasteiger partial charge on any atom is -0.387 e. The molecule has 1 aliphatic heterocycles. The molecule has 21 heavy (non-hydrogen) atoms. The van der Waals surface area contributed by atoms with Crippen molar-refractivity contribution in [2.24, 2.45) is 0 Å². The van der Waals surface area contributed by atoms with Crippen LogP contribution in [-0.2, 0) is 11.2 Å². The number of aliphatic hydroxyl groups excluding tert-OH is 1. The van der Waals surface area contributed by atoms with E-state index in [-0.39, 0.29) is 18.0 Å². The van der Waals surface area contributed by atoms with E-state index in [1.54, 1.807) is 0 Å². The smallest absolute Gasteiger partial charge is 0.219 e. The lowest BCUT2D eigenvalue weighted by atomic mass is 10.0. The van der Waals surface area contributed by atoms with Crippen molar-refractivity contribution in [3.8, 4) is 0 Å². The fraction of sp³-hybridized carbons (Fsp3) is 0.588. The zero-order valence-electron chi connectivity index (χ0n) is 12.6. The van der Waals surface area contributed by atoms with Gasteiger partial charge in [0.2, 0.25) is 5.91 Å². The van der Waals surface area contributed by atoms with Crippen molar-refractivity contribution in [2.75, 3.05) is 13.1 Å². The van der Waals surface area contributed by atoms with Crippen LogP contribution in [0.15, 0.2) is 24.3 Å². The molecule has 1 aromatic carbocycles. The third-order valence-corrected chi connectivity index (χ3v) is 4.78. The molecule has 1 heterocycles. The molecule has 3 unspecified atom stereocenters. The zero-order valence-corrected chi connectivity index (χ0v) is 12.6. The van der Waals surface area contributed by atoms with E-state index in [2.05, 4.69) is 16.3 Å². The van der Waals surface area contributed by atoms with Crippen molar-refractivity contribution in [1.82, 2.24) is 10.2 Å². The Morgan fingerprint density at radius 2 is 2.24 bits per heavy atom. The van der Waals surface area contributed by atoms with Gasteiger partial charge in [-0.25, -0.2) is 0 Å². The number of fused-ring (bicyclic) bond motifs is 1. The summed E-state index contributed by atoms with van der Waals surface area (Å²) in [5, 5.41) is 13.7. The van der Waals surface area contributed by atoms with Gasteiger partial charge in [-0.3, -0.25) is 9.69 Å². The van der Waals surface area contributed by atoms with Gasteiger partial charge in [-0.05, 0) is 36.9 Å². The Hall–Kier alpha value is -1.39. The van der Waals surface area contributed by atoms with E-state index in [1.807, 2.05) is 25.1 Å². The van der Waals surface area contributed by atoms with Crippen LogP contribution in [0.2, 0.25) is 0 Å². The number of aliphatic hydroxyl groups is 1. The molecule has 3 rings (SSSR count). The Balaban J connectivity index is 1.66. The Morgan fingerprint density at radius 3 is 3.00 bits per heavy atom. The van der Waals surface area contributed by atoms with Crippen LogP contribution in [0.5, 0.6) is 0 Å². The number of benzene rings is 1. The number of carbonyl (C=O) groups excluding carboxylic acids is 1. The maximum absolute atomic E-state index is 11.6. The van der Waals surface area contributed by atoms with E-state index in [0.29, 0.717) is 6.42 Å². The molecular formula is C17H24N2O2. The monoisotopic (exact) mass is 288 g/mol. The highest BCUT2D eigenvalue weighted by Crippen LogP contribution is 2.35. The normalized spacial score (nSPS) is 29.1. The number of nitrogens with zero attached hydrogens (tertiary/aromatic N) is 1. The predicted octanol–water partition coefficient (Wildman–Crippen LogP) is 1.64. The lowest BCUT2D eigenvalue weighted by Gasteiger charge is -2.38. The van der Waals surface area contributed by atoms with E-state index in [0.717, 1.165) is 37.9 Å². The highest BCUT2D eigenvalue weighted by atomic mass is 16.3. The van der Waals surface area contributed by atoms with Gasteiger partial charge in [-0.2, -0.15) is 0 Å². The molecular weight excluding hydrogens is 264 g/mol. The standard InChI is InChI=1S/C17H24N2O2/c1-2-16(20)18-13-7-5-9-19(11-13)15-10-12-6-3-4-8-14(12)17(15)21/h3-4,6,8,13,15,17,21H,2,5,7,9-11H2,1H3,(H,18,20). The minimum atomic E-state index is -0.401. The summed E-state index contributed by atoms with van der Waals surface area (Å²) in [6.07, 6.45) is 3.16. The van der Waals surface area contributed by atoms with Crippen LogP contribution in [-0.4, -0.2) is 41.1 Å². The Kier molecular flexibility index (Phi) is 4.27. The van der Waals surface area contributed by atoms with Gasteiger partial charge in [0.1, 0.15) is 0 Å². The molecule has 0 saturated carbocycles. The summed E-state index contributed by atoms with van der Waals surface area (Å²) in [5.41, 5.74) is 2.33. The average molecular weight is 288 g/mol. The van der Waals surface area contributed by atoms with Crippen LogP contribution in [0.3, 0.4) is 0 Å². The number of amides is 1. The second-order valence-corrected chi connectivity index (χ2v) is 6.17. The third kappa shape index (κ3) is 2.97. The summed E-state index contributed by atoms with van der Waals surface area (Å²) >= 11 is 0. The van der Waals surface area contributed by atoms with Crippen molar-refractivity contribution >= 4 is 5.91 Å². The Labute approximate surface area is 126 Å². The maximum atomic E-state index is 11.6. The Morgan fingerprint density at radius 1 is 1.43 bits per heavy atom. The van der Waals surface area contributed by atoms with Crippen LogP contribution >= 0.6 is 0 Å². The molecule has 4 nitrogen and oxygen atoms in total. The summed E-state index contributed by atoms with van der Waals surface area (Å²) in [5.74, 6) is 0.122. The molecule has 2 aliphatic rings. The molecule has 0 bridgehead atoms. The molecule has 2 N–H and O–H groups in total. The molecule has 1 fully saturated rings. The highest BCUT2D eigenvalue weighted by Gasteiger charge is 2.36. The van der Waals surface area contributed by atoms with Gasteiger partial charge >= 0.3 is 0 Å². The number of hydrogen-bond acceptors (Lipinski definition) is 3. The molecule has 0 spiro atoms. The van der Waals surface area contributed by atoms with Crippen LogP contribution < -0.4 is 5.32 Å². The van der Waals surface area contributed by atoms with Gasteiger partial charge in [0.15, 0.2) is 0 Å². The maximum Gasteiger partial charge on any atom is 0.219 e. The lowest BCUT2D eigenvalue weighted by molar-refractivity contribution is -0.122. The number of nitrogens with one attached hydrogen (secondary N) is 1. The van der Waals surface area contributed by atoms with Crippen LogP contribution in [0.25, 0.3) is 0 Å². The SMILES string of the molecule is CCC(=O)NC1CCCN(C2Cc3ccccc3C2O)C1. The molecule has 0 radical (unpaired) electrons. The first-order chi connectivity index (χ1) is 10.2. The van der Waals surface area contributed by atoms with E-state index in [9.17, 15) is 9.90 Å². The van der Waals surface area contributed by atoms with Gasteiger partial charge in [-0.1, -0.05) is 31.2 Å². The average Bonchev–Trinajstić information content (AvgIpc) is 2.85. The van der Waals surface area contributed by atoms with Crippen molar-refractivity contribution in [1.29, 1.82) is 0 Å². The summed E-state index contributed by atoms with van der Waals surface area (Å²) in [6, 6.07) is 8.55. The minimum absolute atomic E-state index is 0.122. The van der Waals surface area contributed by atoms with Crippen molar-refractivity contribution in [3.63, 3.8) is 0 Å². The van der Waals surface area contributed by atoms with Crippen molar-refractivity contribution in [3.05, 3.63) is 35.4 Å². The molecule has 4 heteroatoms. The van der Waals surface area contributed by atoms with E-state index in [4.69, 9.17) is 0 Å². The van der Waals surface area contributed by atoms with Gasteiger partial charge in [0.25, 0.3) is 0 Å². The summed E-state index contributed by atoms with van der Waals surface area (Å²) in [7, 11) is 0. The number of piperidine rings is 1. The first-order valence-corrected chi connectivity index (χ1v) is 7.98. The molecule has 114 valence electrons. The van der Waals surface area contributed by atoms with Crippen LogP contribution in [0.4, 0.5) is 0 Å². The summed E-state index contributed by atoms with van der Waals surface area (Å²) in [6.45, 7) is 3.74. The first kappa shape index (κ1) is 14.5. The fourth-order valence-electron chi connectivity index (χ4n) is 3.64. The third-order valence-electron chi connectivity index (χ3n) is 4.78. The topological polar surface area (TPSA) is 52.6 Å². The van der Waals surface area contributed by atoms with Gasteiger partial charge < -0.3 is 10.4 Å². The van der Waals surface area contributed by atoms with Gasteiger partial charge in [0, 0.05) is 25.0 Å². The molecule has 3 atom stereocenters. The number of hydrogen-bond donors (Lipinski definition) is 2. The summed E-state index contributed by atoms with van der Waals surface area (Å²) < 4.78 is 0. The summed E-state index contributed by atoms with van der Waals surface area (Å²) in [4.78, 5) is 13.9. The van der Waals surface area contributed by atoms with Crippen molar-refractivity contribution in [2.45, 2.75) is 50.8 Å². The predicted molar refractivity (Wildman–Crippen MR) is 81.9 cm³/mol. The second kappa shape index (κ2) is 6.16. The number of carbonyl (C=O) groups is 1. The Bertz CT molecular complexity index is 517. The fourth-order valence-corrected chi connectivity index (χ4v) is 3.64.